The minimum absolute atomic E-state index is 0.223. The summed E-state index contributed by atoms with van der Waals surface area (Å²) in [6.07, 6.45) is 0. The fourth-order valence-corrected chi connectivity index (χ4v) is 2.06. The van der Waals surface area contributed by atoms with Crippen molar-refractivity contribution >= 4 is 5.91 Å². The van der Waals surface area contributed by atoms with Crippen LogP contribution >= 0.6 is 0 Å². The Morgan fingerprint density at radius 1 is 1.11 bits per heavy atom. The second-order valence-electron chi connectivity index (χ2n) is 4.68. The highest BCUT2D eigenvalue weighted by atomic mass is 19.2. The number of hydrogen-bond donors (Lipinski definition) is 0. The first-order valence-electron chi connectivity index (χ1n) is 5.92. The molecule has 0 radical (unpaired) electrons. The van der Waals surface area contributed by atoms with Gasteiger partial charge in [-0.25, -0.2) is 8.78 Å². The first-order valence-corrected chi connectivity index (χ1v) is 5.92. The molecule has 0 saturated carbocycles. The minimum atomic E-state index is -0.974. The molecule has 0 bridgehead atoms. The number of carbonyl (C=O) groups is 1. The number of piperazine rings is 1. The van der Waals surface area contributed by atoms with Gasteiger partial charge >= 0.3 is 0 Å². The predicted molar refractivity (Wildman–Crippen MR) is 64.5 cm³/mol. The lowest BCUT2D eigenvalue weighted by Gasteiger charge is -2.32. The van der Waals surface area contributed by atoms with Gasteiger partial charge < -0.3 is 9.80 Å². The van der Waals surface area contributed by atoms with Gasteiger partial charge in [-0.05, 0) is 31.7 Å². The van der Waals surface area contributed by atoms with E-state index in [9.17, 15) is 13.6 Å². The van der Waals surface area contributed by atoms with Crippen LogP contribution < -0.4 is 0 Å². The van der Waals surface area contributed by atoms with Crippen molar-refractivity contribution in [3.8, 4) is 0 Å². The van der Waals surface area contributed by atoms with E-state index < -0.39 is 11.6 Å². The summed E-state index contributed by atoms with van der Waals surface area (Å²) in [5.41, 5.74) is 0.719. The van der Waals surface area contributed by atoms with E-state index in [1.165, 1.54) is 0 Å². The van der Waals surface area contributed by atoms with Crippen LogP contribution in [0.5, 0.6) is 0 Å². The van der Waals surface area contributed by atoms with Gasteiger partial charge in [0, 0.05) is 31.7 Å². The van der Waals surface area contributed by atoms with Gasteiger partial charge in [0.2, 0.25) is 0 Å². The number of hydrogen-bond acceptors (Lipinski definition) is 2. The largest absolute Gasteiger partial charge is 0.336 e. The molecule has 1 aromatic carbocycles. The average molecular weight is 254 g/mol. The Kier molecular flexibility index (Phi) is 3.61. The van der Waals surface area contributed by atoms with Gasteiger partial charge in [-0.3, -0.25) is 4.79 Å². The lowest BCUT2D eigenvalue weighted by atomic mass is 10.1. The summed E-state index contributed by atoms with van der Waals surface area (Å²) in [5, 5.41) is 0. The van der Waals surface area contributed by atoms with E-state index in [-0.39, 0.29) is 11.5 Å². The summed E-state index contributed by atoms with van der Waals surface area (Å²) in [6, 6.07) is 2.06. The second kappa shape index (κ2) is 5.02. The summed E-state index contributed by atoms with van der Waals surface area (Å²) in [6.45, 7) is 4.45. The smallest absolute Gasteiger partial charge is 0.254 e. The molecule has 1 aliphatic heterocycles. The van der Waals surface area contributed by atoms with Gasteiger partial charge in [0.25, 0.3) is 5.91 Å². The molecule has 1 aromatic rings. The highest BCUT2D eigenvalue weighted by molar-refractivity contribution is 5.95. The van der Waals surface area contributed by atoms with Crippen molar-refractivity contribution in [2.24, 2.45) is 0 Å². The van der Waals surface area contributed by atoms with Crippen LogP contribution in [0.15, 0.2) is 12.1 Å². The molecule has 0 unspecified atom stereocenters. The third-order valence-corrected chi connectivity index (χ3v) is 3.29. The standard InChI is InChI=1S/C13H16F2N2O/c1-9-7-11(14)12(15)8-10(9)13(18)17-5-3-16(2)4-6-17/h7-8H,3-6H2,1-2H3. The number of amides is 1. The van der Waals surface area contributed by atoms with Crippen molar-refractivity contribution in [3.05, 3.63) is 34.9 Å². The molecular weight excluding hydrogens is 238 g/mol. The molecule has 1 fully saturated rings. The van der Waals surface area contributed by atoms with Crippen molar-refractivity contribution in [3.63, 3.8) is 0 Å². The number of nitrogens with zero attached hydrogens (tertiary/aromatic N) is 2. The number of halogens is 2. The number of aryl methyl sites for hydroxylation is 1. The van der Waals surface area contributed by atoms with E-state index in [2.05, 4.69) is 4.90 Å². The molecule has 98 valence electrons. The van der Waals surface area contributed by atoms with Gasteiger partial charge in [-0.15, -0.1) is 0 Å². The molecule has 0 aromatic heterocycles. The summed E-state index contributed by atoms with van der Waals surface area (Å²) in [5.74, 6) is -2.11. The molecule has 5 heteroatoms. The highest BCUT2D eigenvalue weighted by Gasteiger charge is 2.22. The normalized spacial score (nSPS) is 17.0. The number of carbonyl (C=O) groups excluding carboxylic acids is 1. The van der Waals surface area contributed by atoms with Crippen LogP contribution in [0, 0.1) is 18.6 Å². The molecule has 1 aliphatic rings. The molecule has 0 aliphatic carbocycles. The monoisotopic (exact) mass is 254 g/mol. The average Bonchev–Trinajstić information content (AvgIpc) is 2.34. The quantitative estimate of drug-likeness (QED) is 0.761. The summed E-state index contributed by atoms with van der Waals surface area (Å²) < 4.78 is 26.2. The molecule has 1 saturated heterocycles. The first kappa shape index (κ1) is 13.0. The Bertz CT molecular complexity index is 468. The van der Waals surface area contributed by atoms with Crippen molar-refractivity contribution in [1.29, 1.82) is 0 Å². The molecule has 3 nitrogen and oxygen atoms in total. The summed E-state index contributed by atoms with van der Waals surface area (Å²) >= 11 is 0. The lowest BCUT2D eigenvalue weighted by molar-refractivity contribution is 0.0662. The third-order valence-electron chi connectivity index (χ3n) is 3.29. The Morgan fingerprint density at radius 2 is 1.67 bits per heavy atom. The van der Waals surface area contributed by atoms with Crippen LogP contribution in [0.3, 0.4) is 0 Å². The predicted octanol–water partition coefficient (Wildman–Crippen LogP) is 1.66. The van der Waals surface area contributed by atoms with E-state index in [0.717, 1.165) is 25.2 Å². The van der Waals surface area contributed by atoms with Gasteiger partial charge in [0.05, 0.1) is 0 Å². The number of likely N-dealkylation sites (N-methyl/N-ethyl adjacent to an activating group) is 1. The summed E-state index contributed by atoms with van der Waals surface area (Å²) in [7, 11) is 1.99. The lowest BCUT2D eigenvalue weighted by Crippen LogP contribution is -2.47. The molecule has 0 N–H and O–H groups in total. The Hall–Kier alpha value is -1.49. The SMILES string of the molecule is Cc1cc(F)c(F)cc1C(=O)N1CCN(C)CC1. The maximum Gasteiger partial charge on any atom is 0.254 e. The van der Waals surface area contributed by atoms with Crippen LogP contribution in [0.1, 0.15) is 15.9 Å². The van der Waals surface area contributed by atoms with E-state index in [1.807, 2.05) is 7.05 Å². The summed E-state index contributed by atoms with van der Waals surface area (Å²) in [4.78, 5) is 16.0. The van der Waals surface area contributed by atoms with Crippen LogP contribution in [0.25, 0.3) is 0 Å². The third kappa shape index (κ3) is 2.51. The molecular formula is C13H16F2N2O. The number of rotatable bonds is 1. The molecule has 1 amide bonds. The van der Waals surface area contributed by atoms with Crippen LogP contribution in [0.2, 0.25) is 0 Å². The Balaban J connectivity index is 2.21. The molecule has 1 heterocycles. The first-order chi connectivity index (χ1) is 8.49. The maximum atomic E-state index is 13.2. The topological polar surface area (TPSA) is 23.6 Å². The molecule has 2 rings (SSSR count). The maximum absolute atomic E-state index is 13.2. The Morgan fingerprint density at radius 3 is 2.28 bits per heavy atom. The zero-order chi connectivity index (χ0) is 13.3. The van der Waals surface area contributed by atoms with Gasteiger partial charge in [-0.1, -0.05) is 0 Å². The van der Waals surface area contributed by atoms with E-state index in [4.69, 9.17) is 0 Å². The second-order valence-corrected chi connectivity index (χ2v) is 4.68. The van der Waals surface area contributed by atoms with Crippen molar-refractivity contribution < 1.29 is 13.6 Å². The zero-order valence-electron chi connectivity index (χ0n) is 10.5. The van der Waals surface area contributed by atoms with Crippen molar-refractivity contribution in [1.82, 2.24) is 9.80 Å². The fraction of sp³-hybridized carbons (Fsp3) is 0.462. The zero-order valence-corrected chi connectivity index (χ0v) is 10.5. The van der Waals surface area contributed by atoms with E-state index in [1.54, 1.807) is 11.8 Å². The van der Waals surface area contributed by atoms with Crippen molar-refractivity contribution in [2.75, 3.05) is 33.2 Å². The number of benzene rings is 1. The highest BCUT2D eigenvalue weighted by Crippen LogP contribution is 2.17. The van der Waals surface area contributed by atoms with Gasteiger partial charge in [0.15, 0.2) is 11.6 Å². The van der Waals surface area contributed by atoms with Gasteiger partial charge in [0.1, 0.15) is 0 Å². The van der Waals surface area contributed by atoms with E-state index >= 15 is 0 Å². The van der Waals surface area contributed by atoms with Crippen molar-refractivity contribution in [2.45, 2.75) is 6.92 Å². The molecule has 18 heavy (non-hydrogen) atoms. The van der Waals surface area contributed by atoms with Gasteiger partial charge in [-0.2, -0.15) is 0 Å². The van der Waals surface area contributed by atoms with E-state index in [0.29, 0.717) is 18.7 Å². The van der Waals surface area contributed by atoms with Crippen LogP contribution in [-0.2, 0) is 0 Å². The molecule has 0 atom stereocenters. The van der Waals surface area contributed by atoms with Crippen LogP contribution in [0.4, 0.5) is 8.78 Å². The van der Waals surface area contributed by atoms with Crippen LogP contribution in [-0.4, -0.2) is 48.9 Å². The fourth-order valence-electron chi connectivity index (χ4n) is 2.06. The minimum Gasteiger partial charge on any atom is -0.336 e. The molecule has 0 spiro atoms. The Labute approximate surface area is 105 Å².